The molecule has 19 heavy (non-hydrogen) atoms. The van der Waals surface area contributed by atoms with E-state index in [9.17, 15) is 0 Å². The van der Waals surface area contributed by atoms with Crippen LogP contribution < -0.4 is 5.73 Å². The lowest BCUT2D eigenvalue weighted by Crippen LogP contribution is -2.10. The van der Waals surface area contributed by atoms with Crippen LogP contribution >= 0.6 is 11.3 Å². The van der Waals surface area contributed by atoms with Gasteiger partial charge in [-0.2, -0.15) is 4.98 Å². The van der Waals surface area contributed by atoms with Crippen LogP contribution in [0.3, 0.4) is 0 Å². The second-order valence-electron chi connectivity index (χ2n) is 4.14. The number of hydrogen-bond donors (Lipinski definition) is 1. The molecule has 0 fully saturated rings. The van der Waals surface area contributed by atoms with Gasteiger partial charge < -0.3 is 10.3 Å². The summed E-state index contributed by atoms with van der Waals surface area (Å²) in [6.07, 6.45) is 3.47. The van der Waals surface area contributed by atoms with Crippen molar-refractivity contribution in [2.75, 3.05) is 0 Å². The zero-order valence-corrected chi connectivity index (χ0v) is 11.1. The van der Waals surface area contributed by atoms with E-state index in [1.807, 2.05) is 30.5 Å². The highest BCUT2D eigenvalue weighted by Crippen LogP contribution is 2.25. The maximum Gasteiger partial charge on any atom is 0.249 e. The van der Waals surface area contributed by atoms with Crippen molar-refractivity contribution in [3.63, 3.8) is 0 Å². The first-order chi connectivity index (χ1) is 9.25. The van der Waals surface area contributed by atoms with Crippen molar-refractivity contribution in [2.45, 2.75) is 13.0 Å². The number of rotatable bonds is 3. The van der Waals surface area contributed by atoms with Crippen LogP contribution in [0.4, 0.5) is 0 Å². The van der Waals surface area contributed by atoms with Gasteiger partial charge in [-0.25, -0.2) is 0 Å². The SMILES string of the molecule is Cc1cnccc1-c1noc(C(N)c2cccs2)n1. The summed E-state index contributed by atoms with van der Waals surface area (Å²) in [6, 6.07) is 5.39. The highest BCUT2D eigenvalue weighted by Gasteiger charge is 2.18. The Morgan fingerprint density at radius 3 is 3.00 bits per heavy atom. The first kappa shape index (κ1) is 12.0. The predicted octanol–water partition coefficient (Wildman–Crippen LogP) is 2.55. The van der Waals surface area contributed by atoms with Gasteiger partial charge in [0.2, 0.25) is 11.7 Å². The first-order valence-corrected chi connectivity index (χ1v) is 6.67. The summed E-state index contributed by atoms with van der Waals surface area (Å²) in [7, 11) is 0. The predicted molar refractivity (Wildman–Crippen MR) is 72.6 cm³/mol. The van der Waals surface area contributed by atoms with Crippen molar-refractivity contribution >= 4 is 11.3 Å². The van der Waals surface area contributed by atoms with E-state index < -0.39 is 0 Å². The Bertz CT molecular complexity index is 678. The summed E-state index contributed by atoms with van der Waals surface area (Å²) < 4.78 is 5.26. The summed E-state index contributed by atoms with van der Waals surface area (Å²) in [5.41, 5.74) is 8.00. The van der Waals surface area contributed by atoms with Gasteiger partial charge in [-0.15, -0.1) is 11.3 Å². The van der Waals surface area contributed by atoms with Gasteiger partial charge in [-0.05, 0) is 30.0 Å². The third-order valence-electron chi connectivity index (χ3n) is 2.82. The van der Waals surface area contributed by atoms with Gasteiger partial charge in [0.25, 0.3) is 0 Å². The summed E-state index contributed by atoms with van der Waals surface area (Å²) in [6.45, 7) is 1.96. The second-order valence-corrected chi connectivity index (χ2v) is 5.12. The van der Waals surface area contributed by atoms with Gasteiger partial charge >= 0.3 is 0 Å². The number of aryl methyl sites for hydroxylation is 1. The Morgan fingerprint density at radius 1 is 1.37 bits per heavy atom. The molecule has 3 heterocycles. The van der Waals surface area contributed by atoms with Crippen LogP contribution in [0.2, 0.25) is 0 Å². The van der Waals surface area contributed by atoms with Crippen molar-refractivity contribution < 1.29 is 4.52 Å². The average molecular weight is 272 g/mol. The van der Waals surface area contributed by atoms with E-state index in [0.29, 0.717) is 11.7 Å². The molecule has 0 saturated heterocycles. The quantitative estimate of drug-likeness (QED) is 0.792. The van der Waals surface area contributed by atoms with Crippen molar-refractivity contribution in [1.82, 2.24) is 15.1 Å². The molecule has 96 valence electrons. The lowest BCUT2D eigenvalue weighted by molar-refractivity contribution is 0.368. The molecule has 3 aromatic rings. The van der Waals surface area contributed by atoms with Crippen LogP contribution in [-0.2, 0) is 0 Å². The van der Waals surface area contributed by atoms with Gasteiger partial charge in [-0.1, -0.05) is 11.2 Å². The molecule has 5 nitrogen and oxygen atoms in total. The van der Waals surface area contributed by atoms with Gasteiger partial charge in [0.1, 0.15) is 6.04 Å². The summed E-state index contributed by atoms with van der Waals surface area (Å²) in [4.78, 5) is 9.42. The highest BCUT2D eigenvalue weighted by atomic mass is 32.1. The Morgan fingerprint density at radius 2 is 2.26 bits per heavy atom. The molecule has 0 amide bonds. The number of hydrogen-bond acceptors (Lipinski definition) is 6. The van der Waals surface area contributed by atoms with Crippen molar-refractivity contribution in [2.24, 2.45) is 5.73 Å². The Labute approximate surface area is 114 Å². The average Bonchev–Trinajstić information content (AvgIpc) is 3.10. The van der Waals surface area contributed by atoms with E-state index >= 15 is 0 Å². The highest BCUT2D eigenvalue weighted by molar-refractivity contribution is 7.10. The smallest absolute Gasteiger partial charge is 0.249 e. The zero-order chi connectivity index (χ0) is 13.2. The molecule has 1 atom stereocenters. The lowest BCUT2D eigenvalue weighted by Gasteiger charge is -2.02. The summed E-state index contributed by atoms with van der Waals surface area (Å²) >= 11 is 1.57. The van der Waals surface area contributed by atoms with Crippen LogP contribution in [0.25, 0.3) is 11.4 Å². The second kappa shape index (κ2) is 4.91. The standard InChI is InChI=1S/C13H12N4OS/c1-8-7-15-5-4-9(8)12-16-13(18-17-12)11(14)10-3-2-6-19-10/h2-7,11H,14H2,1H3. The molecular weight excluding hydrogens is 260 g/mol. The van der Waals surface area contributed by atoms with Crippen molar-refractivity contribution in [3.8, 4) is 11.4 Å². The third kappa shape index (κ3) is 2.27. The van der Waals surface area contributed by atoms with Crippen molar-refractivity contribution in [1.29, 1.82) is 0 Å². The molecule has 0 spiro atoms. The molecule has 3 rings (SSSR count). The van der Waals surface area contributed by atoms with Gasteiger partial charge in [0, 0.05) is 22.8 Å². The molecule has 0 aromatic carbocycles. The van der Waals surface area contributed by atoms with E-state index in [4.69, 9.17) is 10.3 Å². The zero-order valence-electron chi connectivity index (χ0n) is 10.3. The first-order valence-electron chi connectivity index (χ1n) is 5.79. The fourth-order valence-corrected chi connectivity index (χ4v) is 2.50. The van der Waals surface area contributed by atoms with Crippen molar-refractivity contribution in [3.05, 3.63) is 52.3 Å². The van der Waals surface area contributed by atoms with Crippen LogP contribution in [0.1, 0.15) is 22.4 Å². The summed E-state index contributed by atoms with van der Waals surface area (Å²) in [5.74, 6) is 0.968. The fourth-order valence-electron chi connectivity index (χ4n) is 1.79. The molecule has 6 heteroatoms. The minimum atomic E-state index is -0.372. The molecule has 0 bridgehead atoms. The Kier molecular flexibility index (Phi) is 3.10. The van der Waals surface area contributed by atoms with Gasteiger partial charge in [0.05, 0.1) is 0 Å². The van der Waals surface area contributed by atoms with E-state index in [1.54, 1.807) is 23.7 Å². The van der Waals surface area contributed by atoms with Crippen LogP contribution in [0.15, 0.2) is 40.5 Å². The molecule has 3 aromatic heterocycles. The van der Waals surface area contributed by atoms with Crippen LogP contribution in [0, 0.1) is 6.92 Å². The number of nitrogens with two attached hydrogens (primary N) is 1. The molecular formula is C13H12N4OS. The van der Waals surface area contributed by atoms with Crippen LogP contribution in [-0.4, -0.2) is 15.1 Å². The minimum absolute atomic E-state index is 0.372. The Hall–Kier alpha value is -2.05. The molecule has 0 aliphatic carbocycles. The normalized spacial score (nSPS) is 12.5. The third-order valence-corrected chi connectivity index (χ3v) is 3.77. The number of aromatic nitrogens is 3. The molecule has 0 aliphatic heterocycles. The lowest BCUT2D eigenvalue weighted by atomic mass is 10.1. The number of nitrogens with zero attached hydrogens (tertiary/aromatic N) is 3. The van der Waals surface area contributed by atoms with Gasteiger partial charge in [-0.3, -0.25) is 4.98 Å². The van der Waals surface area contributed by atoms with E-state index in [2.05, 4.69) is 15.1 Å². The topological polar surface area (TPSA) is 77.8 Å². The molecule has 0 aliphatic rings. The van der Waals surface area contributed by atoms with E-state index in [0.717, 1.165) is 16.0 Å². The molecule has 1 unspecified atom stereocenters. The minimum Gasteiger partial charge on any atom is -0.337 e. The van der Waals surface area contributed by atoms with E-state index in [-0.39, 0.29) is 6.04 Å². The largest absolute Gasteiger partial charge is 0.337 e. The number of thiophene rings is 1. The molecule has 2 N–H and O–H groups in total. The van der Waals surface area contributed by atoms with Gasteiger partial charge in [0.15, 0.2) is 0 Å². The fraction of sp³-hybridized carbons (Fsp3) is 0.154. The molecule has 0 radical (unpaired) electrons. The maximum absolute atomic E-state index is 6.09. The van der Waals surface area contributed by atoms with E-state index in [1.165, 1.54) is 0 Å². The summed E-state index contributed by atoms with van der Waals surface area (Å²) in [5, 5.41) is 5.96. The Balaban J connectivity index is 1.94. The number of pyridine rings is 1. The maximum atomic E-state index is 6.09. The molecule has 0 saturated carbocycles. The monoisotopic (exact) mass is 272 g/mol. The van der Waals surface area contributed by atoms with Crippen LogP contribution in [0.5, 0.6) is 0 Å².